The first-order valence-electron chi connectivity index (χ1n) is 3.71. The van der Waals surface area contributed by atoms with Crippen molar-refractivity contribution in [1.82, 2.24) is 4.90 Å². The van der Waals surface area contributed by atoms with Gasteiger partial charge in [0.1, 0.15) is 0 Å². The molecule has 0 saturated heterocycles. The van der Waals surface area contributed by atoms with E-state index in [2.05, 4.69) is 0 Å². The Morgan fingerprint density at radius 2 is 1.83 bits per heavy atom. The van der Waals surface area contributed by atoms with Crippen molar-refractivity contribution >= 4 is 11.8 Å². The number of amides is 2. The van der Waals surface area contributed by atoms with Crippen LogP contribution < -0.4 is 0 Å². The molecule has 0 unspecified atom stereocenters. The number of imide groups is 1. The third-order valence-corrected chi connectivity index (χ3v) is 1.85. The molecule has 1 aliphatic heterocycles. The molecule has 2 aliphatic rings. The quantitative estimate of drug-likeness (QED) is 0.532. The van der Waals surface area contributed by atoms with E-state index < -0.39 is 0 Å². The SMILES string of the molecule is O=C1C=CC(=O)N1C1=CC=CC1. The molecule has 0 radical (unpaired) electrons. The van der Waals surface area contributed by atoms with Crippen LogP contribution in [0.2, 0.25) is 0 Å². The van der Waals surface area contributed by atoms with E-state index in [-0.39, 0.29) is 11.8 Å². The molecule has 0 aromatic rings. The van der Waals surface area contributed by atoms with E-state index in [1.807, 2.05) is 12.2 Å². The molecule has 2 amide bonds. The summed E-state index contributed by atoms with van der Waals surface area (Å²) in [4.78, 5) is 23.4. The first-order valence-corrected chi connectivity index (χ1v) is 3.71. The predicted molar refractivity (Wildman–Crippen MR) is 42.8 cm³/mol. The van der Waals surface area contributed by atoms with Gasteiger partial charge in [0.15, 0.2) is 0 Å². The Morgan fingerprint density at radius 1 is 1.17 bits per heavy atom. The van der Waals surface area contributed by atoms with Crippen LogP contribution in [0.15, 0.2) is 36.1 Å². The van der Waals surface area contributed by atoms with E-state index in [0.717, 1.165) is 5.70 Å². The minimum Gasteiger partial charge on any atom is -0.269 e. The lowest BCUT2D eigenvalue weighted by molar-refractivity contribution is -0.134. The van der Waals surface area contributed by atoms with Crippen molar-refractivity contribution in [2.75, 3.05) is 0 Å². The summed E-state index contributed by atoms with van der Waals surface area (Å²) >= 11 is 0. The van der Waals surface area contributed by atoms with Crippen molar-refractivity contribution in [2.45, 2.75) is 6.42 Å². The van der Waals surface area contributed by atoms with Crippen LogP contribution in [0.1, 0.15) is 6.42 Å². The van der Waals surface area contributed by atoms with Gasteiger partial charge in [-0.05, 0) is 6.08 Å². The second kappa shape index (κ2) is 2.44. The van der Waals surface area contributed by atoms with Crippen LogP contribution in [0.3, 0.4) is 0 Å². The van der Waals surface area contributed by atoms with E-state index in [0.29, 0.717) is 6.42 Å². The number of carbonyl (C=O) groups is 2. The second-order valence-electron chi connectivity index (χ2n) is 2.64. The van der Waals surface area contributed by atoms with Crippen molar-refractivity contribution in [3.8, 4) is 0 Å². The van der Waals surface area contributed by atoms with Crippen LogP contribution in [0.4, 0.5) is 0 Å². The highest BCUT2D eigenvalue weighted by atomic mass is 16.2. The van der Waals surface area contributed by atoms with Crippen molar-refractivity contribution in [1.29, 1.82) is 0 Å². The Balaban J connectivity index is 2.25. The average Bonchev–Trinajstić information content (AvgIpc) is 2.61. The highest BCUT2D eigenvalue weighted by Crippen LogP contribution is 2.19. The van der Waals surface area contributed by atoms with Crippen LogP contribution in [0, 0.1) is 0 Å². The highest BCUT2D eigenvalue weighted by Gasteiger charge is 2.26. The zero-order chi connectivity index (χ0) is 8.55. The van der Waals surface area contributed by atoms with Crippen molar-refractivity contribution in [3.05, 3.63) is 36.1 Å². The predicted octanol–water partition coefficient (Wildman–Crippen LogP) is 0.755. The van der Waals surface area contributed by atoms with Gasteiger partial charge in [-0.3, -0.25) is 9.59 Å². The van der Waals surface area contributed by atoms with Gasteiger partial charge in [0.2, 0.25) is 0 Å². The number of carbonyl (C=O) groups excluding carboxylic acids is 2. The van der Waals surface area contributed by atoms with Gasteiger partial charge >= 0.3 is 0 Å². The number of rotatable bonds is 1. The lowest BCUT2D eigenvalue weighted by Crippen LogP contribution is -2.28. The molecule has 2 rings (SSSR count). The monoisotopic (exact) mass is 161 g/mol. The lowest BCUT2D eigenvalue weighted by Gasteiger charge is -2.13. The highest BCUT2D eigenvalue weighted by molar-refractivity contribution is 6.14. The Bertz CT molecular complexity index is 318. The maximum absolute atomic E-state index is 11.1. The number of hydrogen-bond acceptors (Lipinski definition) is 2. The third-order valence-electron chi connectivity index (χ3n) is 1.85. The summed E-state index contributed by atoms with van der Waals surface area (Å²) in [7, 11) is 0. The summed E-state index contributed by atoms with van der Waals surface area (Å²) in [5.41, 5.74) is 0.759. The zero-order valence-electron chi connectivity index (χ0n) is 6.36. The summed E-state index contributed by atoms with van der Waals surface area (Å²) in [5.74, 6) is -0.482. The molecule has 1 heterocycles. The Morgan fingerprint density at radius 3 is 2.33 bits per heavy atom. The molecule has 0 aromatic heterocycles. The molecular weight excluding hydrogens is 154 g/mol. The number of hydrogen-bond donors (Lipinski definition) is 0. The third kappa shape index (κ3) is 0.906. The normalized spacial score (nSPS) is 21.0. The summed E-state index contributed by atoms with van der Waals surface area (Å²) < 4.78 is 0. The van der Waals surface area contributed by atoms with Gasteiger partial charge in [-0.1, -0.05) is 12.2 Å². The van der Waals surface area contributed by atoms with Gasteiger partial charge < -0.3 is 0 Å². The van der Waals surface area contributed by atoms with E-state index >= 15 is 0 Å². The fourth-order valence-electron chi connectivity index (χ4n) is 1.29. The molecule has 12 heavy (non-hydrogen) atoms. The standard InChI is InChI=1S/C9H7NO2/c11-8-5-6-9(12)10(8)7-3-1-2-4-7/h1-3,5-6H,4H2. The molecule has 0 atom stereocenters. The summed E-state index contributed by atoms with van der Waals surface area (Å²) in [6.45, 7) is 0. The molecule has 3 heteroatoms. The first-order chi connectivity index (χ1) is 5.79. The first kappa shape index (κ1) is 7.03. The molecule has 0 bridgehead atoms. The Hall–Kier alpha value is -1.64. The van der Waals surface area contributed by atoms with E-state index in [9.17, 15) is 9.59 Å². The largest absolute Gasteiger partial charge is 0.269 e. The van der Waals surface area contributed by atoms with Crippen LogP contribution >= 0.6 is 0 Å². The molecule has 0 aromatic carbocycles. The van der Waals surface area contributed by atoms with E-state index in [4.69, 9.17) is 0 Å². The van der Waals surface area contributed by atoms with Gasteiger partial charge in [0.25, 0.3) is 11.8 Å². The maximum atomic E-state index is 11.1. The molecule has 60 valence electrons. The molecule has 0 spiro atoms. The van der Waals surface area contributed by atoms with Crippen LogP contribution in [0.25, 0.3) is 0 Å². The summed E-state index contributed by atoms with van der Waals surface area (Å²) in [5, 5.41) is 0. The zero-order valence-corrected chi connectivity index (χ0v) is 6.36. The molecule has 3 nitrogen and oxygen atoms in total. The Labute approximate surface area is 69.7 Å². The van der Waals surface area contributed by atoms with E-state index in [1.165, 1.54) is 17.1 Å². The molecule has 0 fully saturated rings. The van der Waals surface area contributed by atoms with Gasteiger partial charge in [-0.2, -0.15) is 0 Å². The van der Waals surface area contributed by atoms with Crippen molar-refractivity contribution in [2.24, 2.45) is 0 Å². The van der Waals surface area contributed by atoms with Gasteiger partial charge in [-0.15, -0.1) is 0 Å². The maximum Gasteiger partial charge on any atom is 0.257 e. The van der Waals surface area contributed by atoms with Crippen LogP contribution in [-0.4, -0.2) is 16.7 Å². The Kier molecular flexibility index (Phi) is 1.43. The number of nitrogens with zero attached hydrogens (tertiary/aromatic N) is 1. The van der Waals surface area contributed by atoms with Gasteiger partial charge in [0.05, 0.1) is 0 Å². The average molecular weight is 161 g/mol. The topological polar surface area (TPSA) is 37.4 Å². The van der Waals surface area contributed by atoms with Gasteiger partial charge in [0, 0.05) is 24.3 Å². The minimum atomic E-state index is -0.241. The van der Waals surface area contributed by atoms with Crippen molar-refractivity contribution < 1.29 is 9.59 Å². The second-order valence-corrected chi connectivity index (χ2v) is 2.64. The van der Waals surface area contributed by atoms with E-state index in [1.54, 1.807) is 6.08 Å². The molecular formula is C9H7NO2. The van der Waals surface area contributed by atoms with Crippen molar-refractivity contribution in [3.63, 3.8) is 0 Å². The van der Waals surface area contributed by atoms with Crippen LogP contribution in [0.5, 0.6) is 0 Å². The smallest absolute Gasteiger partial charge is 0.257 e. The number of allylic oxidation sites excluding steroid dienone is 3. The molecule has 1 aliphatic carbocycles. The summed E-state index contributed by atoms with van der Waals surface area (Å²) in [6, 6.07) is 0. The van der Waals surface area contributed by atoms with Crippen LogP contribution in [-0.2, 0) is 9.59 Å². The lowest BCUT2D eigenvalue weighted by atomic mass is 10.3. The molecule has 0 N–H and O–H groups in total. The molecule has 0 saturated carbocycles. The summed E-state index contributed by atoms with van der Waals surface area (Å²) in [6.07, 6.45) is 8.79. The fourth-order valence-corrected chi connectivity index (χ4v) is 1.29. The van der Waals surface area contributed by atoms with Gasteiger partial charge in [-0.25, -0.2) is 4.90 Å². The fraction of sp³-hybridized carbons (Fsp3) is 0.111. The minimum absolute atomic E-state index is 0.241.